The van der Waals surface area contributed by atoms with Gasteiger partial charge in [-0.1, -0.05) is 237 Å². The Bertz CT molecular complexity index is 4050. The maximum absolute atomic E-state index is 2.45. The van der Waals surface area contributed by atoms with E-state index in [1.165, 1.54) is 88.3 Å². The topological polar surface area (TPSA) is 8.17 Å². The van der Waals surface area contributed by atoms with Crippen LogP contribution < -0.4 is 4.90 Å². The van der Waals surface area contributed by atoms with Crippen LogP contribution in [0.4, 0.5) is 17.1 Å². The van der Waals surface area contributed by atoms with Crippen LogP contribution in [0.2, 0.25) is 0 Å². The SMILES string of the molecule is c1ccc(-c2ccc(-c3ccc(N(c4ccc(-c5ccc6ccccc6c5-c5ccccc5)cc4)c4ccc5c6ccccc6n(-c6ccccc6-c6ccccc6)c5c4)cc3)cc2-c2ccccc2)cc1. The molecule has 1 aromatic heterocycles. The number of rotatable bonds is 10. The van der Waals surface area contributed by atoms with Crippen molar-refractivity contribution in [3.05, 3.63) is 291 Å². The Balaban J connectivity index is 0.971. The van der Waals surface area contributed by atoms with E-state index in [9.17, 15) is 0 Å². The van der Waals surface area contributed by atoms with E-state index in [0.29, 0.717) is 0 Å². The molecule has 13 aromatic rings. The van der Waals surface area contributed by atoms with Crippen molar-refractivity contribution in [2.24, 2.45) is 0 Å². The zero-order valence-electron chi connectivity index (χ0n) is 39.6. The first-order valence-electron chi connectivity index (χ1n) is 24.7. The van der Waals surface area contributed by atoms with Crippen LogP contribution in [-0.2, 0) is 0 Å². The lowest BCUT2D eigenvalue weighted by Crippen LogP contribution is -2.10. The van der Waals surface area contributed by atoms with Gasteiger partial charge in [-0.05, 0) is 127 Å². The van der Waals surface area contributed by atoms with Crippen LogP contribution in [0.3, 0.4) is 0 Å². The first kappa shape index (κ1) is 42.6. The number of hydrogen-bond donors (Lipinski definition) is 0. The lowest BCUT2D eigenvalue weighted by molar-refractivity contribution is 1.18. The van der Waals surface area contributed by atoms with Crippen molar-refractivity contribution < 1.29 is 0 Å². The van der Waals surface area contributed by atoms with Crippen molar-refractivity contribution in [1.29, 1.82) is 0 Å². The van der Waals surface area contributed by atoms with E-state index < -0.39 is 0 Å². The minimum absolute atomic E-state index is 1.07. The molecule has 0 N–H and O–H groups in total. The Kier molecular flexibility index (Phi) is 10.9. The van der Waals surface area contributed by atoms with Gasteiger partial charge in [-0.2, -0.15) is 0 Å². The minimum atomic E-state index is 1.07. The second-order valence-electron chi connectivity index (χ2n) is 18.4. The molecule has 0 saturated carbocycles. The molecule has 0 aliphatic heterocycles. The molecule has 0 bridgehead atoms. The lowest BCUT2D eigenvalue weighted by atomic mass is 9.90. The number of benzene rings is 12. The molecule has 0 saturated heterocycles. The van der Waals surface area contributed by atoms with Crippen LogP contribution in [-0.4, -0.2) is 4.57 Å². The molecule has 0 atom stereocenters. The Hall–Kier alpha value is -9.50. The standard InChI is InChI=1S/C70H48N2/c1-5-19-50(20-6-1)60-44-38-56(47-66(60)52-23-9-3-10-24-52)49-33-39-57(40-34-49)71(58-41-35-54(36-42-58)63-45-37-53-25-13-14-29-62(53)70(63)55-26-11-4-12-27-55)59-43-46-65-64-30-16-18-32-68(64)72(69(65)48-59)67-31-17-15-28-61(67)51-21-7-2-8-22-51/h1-48H. The van der Waals surface area contributed by atoms with E-state index in [-0.39, 0.29) is 0 Å². The number of fused-ring (bicyclic) bond motifs is 4. The summed E-state index contributed by atoms with van der Waals surface area (Å²) in [6, 6.07) is 106. The van der Waals surface area contributed by atoms with Gasteiger partial charge in [0.25, 0.3) is 0 Å². The number of hydrogen-bond acceptors (Lipinski definition) is 1. The van der Waals surface area contributed by atoms with E-state index in [4.69, 9.17) is 0 Å². The molecule has 338 valence electrons. The molecule has 12 aromatic carbocycles. The van der Waals surface area contributed by atoms with Gasteiger partial charge in [-0.15, -0.1) is 0 Å². The number of aromatic nitrogens is 1. The van der Waals surface area contributed by atoms with Crippen LogP contribution >= 0.6 is 0 Å². The summed E-state index contributed by atoms with van der Waals surface area (Å²) in [7, 11) is 0. The molecule has 0 aliphatic carbocycles. The zero-order chi connectivity index (χ0) is 47.8. The fourth-order valence-corrected chi connectivity index (χ4v) is 10.8. The van der Waals surface area contributed by atoms with Crippen molar-refractivity contribution in [2.75, 3.05) is 4.90 Å². The third kappa shape index (κ3) is 7.73. The first-order chi connectivity index (χ1) is 35.7. The van der Waals surface area contributed by atoms with Crippen molar-refractivity contribution in [3.63, 3.8) is 0 Å². The molecule has 0 aliphatic rings. The van der Waals surface area contributed by atoms with Crippen molar-refractivity contribution in [2.45, 2.75) is 0 Å². The normalized spacial score (nSPS) is 11.3. The smallest absolute Gasteiger partial charge is 0.0562 e. The average Bonchev–Trinajstić information content (AvgIpc) is 3.79. The molecule has 0 radical (unpaired) electrons. The Labute approximate surface area is 420 Å². The summed E-state index contributed by atoms with van der Waals surface area (Å²) < 4.78 is 2.45. The summed E-state index contributed by atoms with van der Waals surface area (Å²) in [5, 5.41) is 4.91. The van der Waals surface area contributed by atoms with Crippen LogP contribution in [0.5, 0.6) is 0 Å². The second kappa shape index (κ2) is 18.4. The summed E-state index contributed by atoms with van der Waals surface area (Å²) in [4.78, 5) is 2.41. The maximum atomic E-state index is 2.45. The van der Waals surface area contributed by atoms with Crippen LogP contribution in [0.25, 0.3) is 105 Å². The average molecular weight is 917 g/mol. The highest BCUT2D eigenvalue weighted by molar-refractivity contribution is 6.11. The summed E-state index contributed by atoms with van der Waals surface area (Å²) in [5.74, 6) is 0. The Morgan fingerprint density at radius 1 is 0.236 bits per heavy atom. The van der Waals surface area contributed by atoms with E-state index >= 15 is 0 Å². The molecular weight excluding hydrogens is 869 g/mol. The molecular formula is C70H48N2. The van der Waals surface area contributed by atoms with Gasteiger partial charge in [0, 0.05) is 33.4 Å². The van der Waals surface area contributed by atoms with Gasteiger partial charge in [0.2, 0.25) is 0 Å². The summed E-state index contributed by atoms with van der Waals surface area (Å²) in [6.07, 6.45) is 0. The quantitative estimate of drug-likeness (QED) is 0.133. The molecule has 2 heteroatoms. The van der Waals surface area contributed by atoms with Gasteiger partial charge >= 0.3 is 0 Å². The van der Waals surface area contributed by atoms with Gasteiger partial charge in [0.1, 0.15) is 0 Å². The van der Waals surface area contributed by atoms with Crippen LogP contribution in [0, 0.1) is 0 Å². The van der Waals surface area contributed by atoms with Gasteiger partial charge in [-0.3, -0.25) is 0 Å². The zero-order valence-corrected chi connectivity index (χ0v) is 39.6. The van der Waals surface area contributed by atoms with Crippen LogP contribution in [0.15, 0.2) is 291 Å². The molecule has 72 heavy (non-hydrogen) atoms. The number of anilines is 3. The number of nitrogens with zero attached hydrogens (tertiary/aromatic N) is 2. The summed E-state index contributed by atoms with van der Waals surface area (Å²) in [5.41, 5.74) is 21.0. The first-order valence-corrected chi connectivity index (χ1v) is 24.7. The highest BCUT2D eigenvalue weighted by Gasteiger charge is 2.21. The van der Waals surface area contributed by atoms with Crippen LogP contribution in [0.1, 0.15) is 0 Å². The molecule has 0 spiro atoms. The predicted molar refractivity (Wildman–Crippen MR) is 306 cm³/mol. The van der Waals surface area contributed by atoms with E-state index in [2.05, 4.69) is 301 Å². The Morgan fingerprint density at radius 2 is 0.708 bits per heavy atom. The van der Waals surface area contributed by atoms with Crippen molar-refractivity contribution >= 4 is 49.6 Å². The molecule has 0 unspecified atom stereocenters. The largest absolute Gasteiger partial charge is 0.310 e. The van der Waals surface area contributed by atoms with E-state index in [1.54, 1.807) is 0 Å². The van der Waals surface area contributed by atoms with Gasteiger partial charge in [0.05, 0.1) is 16.7 Å². The highest BCUT2D eigenvalue weighted by Crippen LogP contribution is 2.44. The van der Waals surface area contributed by atoms with Crippen molar-refractivity contribution in [3.8, 4) is 72.4 Å². The lowest BCUT2D eigenvalue weighted by Gasteiger charge is -2.26. The minimum Gasteiger partial charge on any atom is -0.310 e. The fraction of sp³-hybridized carbons (Fsp3) is 0. The number of para-hydroxylation sites is 2. The van der Waals surface area contributed by atoms with E-state index in [1.807, 2.05) is 0 Å². The molecule has 0 fully saturated rings. The van der Waals surface area contributed by atoms with Gasteiger partial charge in [-0.25, -0.2) is 0 Å². The third-order valence-electron chi connectivity index (χ3n) is 14.2. The summed E-state index contributed by atoms with van der Waals surface area (Å²) in [6.45, 7) is 0. The Morgan fingerprint density at radius 3 is 1.39 bits per heavy atom. The predicted octanol–water partition coefficient (Wildman–Crippen LogP) is 19.4. The third-order valence-corrected chi connectivity index (χ3v) is 14.2. The highest BCUT2D eigenvalue weighted by atomic mass is 15.1. The monoisotopic (exact) mass is 916 g/mol. The summed E-state index contributed by atoms with van der Waals surface area (Å²) >= 11 is 0. The molecule has 0 amide bonds. The molecule has 2 nitrogen and oxygen atoms in total. The maximum Gasteiger partial charge on any atom is 0.0562 e. The molecule has 1 heterocycles. The molecule has 13 rings (SSSR count). The fourth-order valence-electron chi connectivity index (χ4n) is 10.8. The van der Waals surface area contributed by atoms with E-state index in [0.717, 1.165) is 33.8 Å². The van der Waals surface area contributed by atoms with Crippen molar-refractivity contribution in [1.82, 2.24) is 4.57 Å². The van der Waals surface area contributed by atoms with Gasteiger partial charge in [0.15, 0.2) is 0 Å². The second-order valence-corrected chi connectivity index (χ2v) is 18.4. The van der Waals surface area contributed by atoms with Gasteiger partial charge < -0.3 is 9.47 Å².